The average Bonchev–Trinajstić information content (AvgIpc) is 3.66. The summed E-state index contributed by atoms with van der Waals surface area (Å²) in [5.41, 5.74) is 7.81. The highest BCUT2D eigenvalue weighted by molar-refractivity contribution is 7.27. The predicted molar refractivity (Wildman–Crippen MR) is 164 cm³/mol. The molecule has 5 aromatic carbocycles. The molecular formula is C35H20N2OS. The van der Waals surface area contributed by atoms with E-state index in [1.807, 2.05) is 29.8 Å². The SMILES string of the molecule is c1cc(-c2ccncc2)cc(-n2c3ccccc3c3c4sc5c(ccc6oc7ccccc7c65)c4ccc32)c1. The van der Waals surface area contributed by atoms with Crippen LogP contribution in [0.5, 0.6) is 0 Å². The summed E-state index contributed by atoms with van der Waals surface area (Å²) in [5, 5.41) is 7.55. The zero-order valence-corrected chi connectivity index (χ0v) is 21.6. The van der Waals surface area contributed by atoms with Gasteiger partial charge in [-0.3, -0.25) is 4.98 Å². The van der Waals surface area contributed by atoms with Crippen molar-refractivity contribution in [3.63, 3.8) is 0 Å². The lowest BCUT2D eigenvalue weighted by molar-refractivity contribution is 0.669. The molecule has 0 aliphatic carbocycles. The topological polar surface area (TPSA) is 31.0 Å². The maximum Gasteiger partial charge on any atom is 0.136 e. The van der Waals surface area contributed by atoms with Crippen LogP contribution >= 0.6 is 11.3 Å². The molecule has 4 heterocycles. The number of pyridine rings is 1. The molecule has 3 nitrogen and oxygen atoms in total. The van der Waals surface area contributed by atoms with Crippen molar-refractivity contribution in [2.24, 2.45) is 0 Å². The average molecular weight is 517 g/mol. The maximum absolute atomic E-state index is 6.22. The molecule has 9 rings (SSSR count). The van der Waals surface area contributed by atoms with Crippen LogP contribution in [0.4, 0.5) is 0 Å². The van der Waals surface area contributed by atoms with Crippen LogP contribution in [0.2, 0.25) is 0 Å². The number of furan rings is 1. The van der Waals surface area contributed by atoms with Crippen LogP contribution in [0.25, 0.3) is 80.7 Å². The van der Waals surface area contributed by atoms with Gasteiger partial charge in [-0.1, -0.05) is 54.6 Å². The first-order valence-corrected chi connectivity index (χ1v) is 13.9. The minimum absolute atomic E-state index is 0.938. The van der Waals surface area contributed by atoms with Crippen LogP contribution in [-0.2, 0) is 0 Å². The van der Waals surface area contributed by atoms with E-state index in [1.165, 1.54) is 58.3 Å². The number of thiophene rings is 1. The van der Waals surface area contributed by atoms with Crippen LogP contribution < -0.4 is 0 Å². The van der Waals surface area contributed by atoms with Gasteiger partial charge in [0, 0.05) is 59.8 Å². The first kappa shape index (κ1) is 21.1. The fourth-order valence-electron chi connectivity index (χ4n) is 6.20. The standard InChI is InChI=1S/C35H20N2OS/c1-3-10-28-26(8-1)32-29(37(28)23-7-5-6-22(20-23)21-16-18-36-19-17-21)14-12-24-25-13-15-31-33(35(25)39-34(24)32)27-9-2-4-11-30(27)38-31/h1-20H. The molecule has 0 atom stereocenters. The summed E-state index contributed by atoms with van der Waals surface area (Å²) < 4.78 is 11.2. The number of benzene rings is 5. The number of fused-ring (bicyclic) bond motifs is 11. The van der Waals surface area contributed by atoms with Gasteiger partial charge < -0.3 is 8.98 Å². The Morgan fingerprint density at radius 1 is 0.538 bits per heavy atom. The normalized spacial score (nSPS) is 12.1. The number of aromatic nitrogens is 2. The van der Waals surface area contributed by atoms with Crippen LogP contribution in [0, 0.1) is 0 Å². The Labute approximate surface area is 227 Å². The zero-order valence-electron chi connectivity index (χ0n) is 20.8. The summed E-state index contributed by atoms with van der Waals surface area (Å²) in [6, 6.07) is 39.0. The van der Waals surface area contributed by atoms with Crippen molar-refractivity contribution < 1.29 is 4.42 Å². The molecule has 4 heteroatoms. The largest absolute Gasteiger partial charge is 0.456 e. The fraction of sp³-hybridized carbons (Fsp3) is 0. The van der Waals surface area contributed by atoms with Gasteiger partial charge in [-0.15, -0.1) is 11.3 Å². The Kier molecular flexibility index (Phi) is 4.21. The number of hydrogen-bond acceptors (Lipinski definition) is 3. The first-order valence-electron chi connectivity index (χ1n) is 13.0. The van der Waals surface area contributed by atoms with E-state index in [-0.39, 0.29) is 0 Å². The third-order valence-electron chi connectivity index (χ3n) is 7.90. The number of hydrogen-bond donors (Lipinski definition) is 0. The Morgan fingerprint density at radius 3 is 2.21 bits per heavy atom. The monoisotopic (exact) mass is 516 g/mol. The van der Waals surface area contributed by atoms with Crippen molar-refractivity contribution in [2.45, 2.75) is 0 Å². The molecule has 9 aromatic rings. The summed E-state index contributed by atoms with van der Waals surface area (Å²) >= 11 is 1.88. The molecule has 0 aliphatic heterocycles. The molecule has 39 heavy (non-hydrogen) atoms. The minimum Gasteiger partial charge on any atom is -0.456 e. The third-order valence-corrected chi connectivity index (χ3v) is 9.16. The van der Waals surface area contributed by atoms with Gasteiger partial charge in [0.1, 0.15) is 11.2 Å². The lowest BCUT2D eigenvalue weighted by atomic mass is 10.1. The van der Waals surface area contributed by atoms with Gasteiger partial charge in [-0.25, -0.2) is 0 Å². The van der Waals surface area contributed by atoms with Crippen LogP contribution in [0.15, 0.2) is 126 Å². The van der Waals surface area contributed by atoms with E-state index in [0.717, 1.165) is 22.4 Å². The van der Waals surface area contributed by atoms with E-state index in [0.29, 0.717) is 0 Å². The van der Waals surface area contributed by atoms with E-state index < -0.39 is 0 Å². The summed E-state index contributed by atoms with van der Waals surface area (Å²) in [7, 11) is 0. The Hall–Kier alpha value is -4.93. The van der Waals surface area contributed by atoms with Gasteiger partial charge >= 0.3 is 0 Å². The molecule has 0 radical (unpaired) electrons. The van der Waals surface area contributed by atoms with Crippen molar-refractivity contribution in [3.05, 3.63) is 122 Å². The van der Waals surface area contributed by atoms with Gasteiger partial charge in [0.25, 0.3) is 0 Å². The van der Waals surface area contributed by atoms with Gasteiger partial charge in [-0.2, -0.15) is 0 Å². The van der Waals surface area contributed by atoms with E-state index in [4.69, 9.17) is 4.42 Å². The molecule has 0 aliphatic rings. The number of rotatable bonds is 2. The molecule has 4 aromatic heterocycles. The third kappa shape index (κ3) is 2.89. The Bertz CT molecular complexity index is 2390. The fourth-order valence-corrected chi connectivity index (χ4v) is 7.61. The summed E-state index contributed by atoms with van der Waals surface area (Å²) in [4.78, 5) is 4.19. The highest BCUT2D eigenvalue weighted by Gasteiger charge is 2.20. The minimum atomic E-state index is 0.938. The second-order valence-electron chi connectivity index (χ2n) is 9.99. The summed E-state index contributed by atoms with van der Waals surface area (Å²) in [5.74, 6) is 0. The summed E-state index contributed by atoms with van der Waals surface area (Å²) in [6.07, 6.45) is 3.70. The number of nitrogens with zero attached hydrogens (tertiary/aromatic N) is 2. The maximum atomic E-state index is 6.22. The van der Waals surface area contributed by atoms with Crippen molar-refractivity contribution in [3.8, 4) is 16.8 Å². The van der Waals surface area contributed by atoms with Gasteiger partial charge in [0.15, 0.2) is 0 Å². The van der Waals surface area contributed by atoms with E-state index in [9.17, 15) is 0 Å². The molecule has 0 fully saturated rings. The van der Waals surface area contributed by atoms with Crippen LogP contribution in [-0.4, -0.2) is 9.55 Å². The molecule has 0 spiro atoms. The molecule has 0 bridgehead atoms. The highest BCUT2D eigenvalue weighted by atomic mass is 32.1. The van der Waals surface area contributed by atoms with Crippen LogP contribution in [0.3, 0.4) is 0 Å². The first-order chi connectivity index (χ1) is 19.3. The second kappa shape index (κ2) is 7.79. The lowest BCUT2D eigenvalue weighted by Crippen LogP contribution is -1.94. The second-order valence-corrected chi connectivity index (χ2v) is 11.0. The predicted octanol–water partition coefficient (Wildman–Crippen LogP) is 10.1. The van der Waals surface area contributed by atoms with Gasteiger partial charge in [0.05, 0.1) is 11.0 Å². The van der Waals surface area contributed by atoms with Gasteiger partial charge in [-0.05, 0) is 65.7 Å². The van der Waals surface area contributed by atoms with E-state index >= 15 is 0 Å². The Morgan fingerprint density at radius 2 is 1.31 bits per heavy atom. The quantitative estimate of drug-likeness (QED) is 0.229. The molecule has 0 N–H and O–H groups in total. The van der Waals surface area contributed by atoms with E-state index in [2.05, 4.69) is 113 Å². The molecule has 0 amide bonds. The van der Waals surface area contributed by atoms with Crippen molar-refractivity contribution in [2.75, 3.05) is 0 Å². The smallest absolute Gasteiger partial charge is 0.136 e. The van der Waals surface area contributed by atoms with E-state index in [1.54, 1.807) is 0 Å². The molecule has 182 valence electrons. The Balaban J connectivity index is 1.40. The highest BCUT2D eigenvalue weighted by Crippen LogP contribution is 2.47. The molecule has 0 unspecified atom stereocenters. The molecule has 0 saturated carbocycles. The van der Waals surface area contributed by atoms with Crippen molar-refractivity contribution >= 4 is 75.3 Å². The van der Waals surface area contributed by atoms with Crippen molar-refractivity contribution in [1.29, 1.82) is 0 Å². The zero-order chi connectivity index (χ0) is 25.5. The molecular weight excluding hydrogens is 496 g/mol. The number of para-hydroxylation sites is 2. The summed E-state index contributed by atoms with van der Waals surface area (Å²) in [6.45, 7) is 0. The van der Waals surface area contributed by atoms with Crippen molar-refractivity contribution in [1.82, 2.24) is 9.55 Å². The molecule has 0 saturated heterocycles. The van der Waals surface area contributed by atoms with Gasteiger partial charge in [0.2, 0.25) is 0 Å². The van der Waals surface area contributed by atoms with Crippen LogP contribution in [0.1, 0.15) is 0 Å². The lowest BCUT2D eigenvalue weighted by Gasteiger charge is -2.10.